The van der Waals surface area contributed by atoms with Crippen molar-refractivity contribution in [1.82, 2.24) is 13.3 Å². The van der Waals surface area contributed by atoms with E-state index >= 15 is 0 Å². The summed E-state index contributed by atoms with van der Waals surface area (Å²) in [5, 5.41) is 0. The Morgan fingerprint density at radius 1 is 1.62 bits per heavy atom. The van der Waals surface area contributed by atoms with Gasteiger partial charge in [-0.05, 0) is 6.08 Å². The number of nitrogens with zero attached hydrogens (tertiary/aromatic N) is 3. The summed E-state index contributed by atoms with van der Waals surface area (Å²) in [6.45, 7) is 3.49. The highest BCUT2D eigenvalue weighted by Crippen LogP contribution is 2.03. The molecule has 13 heavy (non-hydrogen) atoms. The monoisotopic (exact) mass is 201 g/mol. The van der Waals surface area contributed by atoms with Crippen LogP contribution in [0.1, 0.15) is 5.69 Å². The van der Waals surface area contributed by atoms with Gasteiger partial charge in [0.2, 0.25) is 0 Å². The van der Waals surface area contributed by atoms with Gasteiger partial charge in [0.05, 0.1) is 5.69 Å². The lowest BCUT2D eigenvalue weighted by Crippen LogP contribution is -2.27. The first-order valence-electron chi connectivity index (χ1n) is 3.58. The summed E-state index contributed by atoms with van der Waals surface area (Å²) in [4.78, 5) is 3.82. The normalized spacial score (nSPS) is 11.9. The molecule has 0 aliphatic heterocycles. The molecule has 1 rings (SSSR count). The maximum absolute atomic E-state index is 11.5. The number of hydrogen-bond donors (Lipinski definition) is 0. The highest BCUT2D eigenvalue weighted by Gasteiger charge is 2.15. The fraction of sp³-hybridized carbons (Fsp3) is 0.286. The van der Waals surface area contributed by atoms with Gasteiger partial charge in [-0.25, -0.2) is 8.96 Å². The Morgan fingerprint density at radius 3 is 2.62 bits per heavy atom. The van der Waals surface area contributed by atoms with Crippen LogP contribution in [0.25, 0.3) is 6.08 Å². The van der Waals surface area contributed by atoms with Crippen molar-refractivity contribution in [1.29, 1.82) is 0 Å². The topological polar surface area (TPSA) is 55.2 Å². The Morgan fingerprint density at radius 2 is 2.23 bits per heavy atom. The minimum Gasteiger partial charge on any atom is -0.236 e. The lowest BCUT2D eigenvalue weighted by atomic mass is 10.5. The van der Waals surface area contributed by atoms with Gasteiger partial charge in [-0.1, -0.05) is 6.58 Å². The van der Waals surface area contributed by atoms with Crippen LogP contribution < -0.4 is 0 Å². The van der Waals surface area contributed by atoms with E-state index < -0.39 is 10.2 Å². The first kappa shape index (κ1) is 9.94. The van der Waals surface area contributed by atoms with Gasteiger partial charge in [0.1, 0.15) is 6.33 Å². The molecule has 6 heteroatoms. The Balaban J connectivity index is 3.16. The van der Waals surface area contributed by atoms with Crippen molar-refractivity contribution in [2.75, 3.05) is 14.1 Å². The molecule has 0 aliphatic carbocycles. The van der Waals surface area contributed by atoms with Crippen LogP contribution in [-0.2, 0) is 10.2 Å². The summed E-state index contributed by atoms with van der Waals surface area (Å²) < 4.78 is 25.1. The molecule has 1 heterocycles. The molecule has 0 saturated heterocycles. The molecule has 5 nitrogen and oxygen atoms in total. The standard InChI is InChI=1S/C7H11N3O2S/c1-4-7-5-10(6-8-7)13(11,12)9(2)3/h4-6H,1H2,2-3H3. The van der Waals surface area contributed by atoms with E-state index in [0.717, 1.165) is 8.28 Å². The highest BCUT2D eigenvalue weighted by molar-refractivity contribution is 7.87. The van der Waals surface area contributed by atoms with E-state index in [0.29, 0.717) is 5.69 Å². The predicted molar refractivity (Wildman–Crippen MR) is 50.3 cm³/mol. The molecule has 1 aromatic rings. The van der Waals surface area contributed by atoms with Gasteiger partial charge >= 0.3 is 10.2 Å². The number of aromatic nitrogens is 2. The maximum atomic E-state index is 11.5. The lowest BCUT2D eigenvalue weighted by Gasteiger charge is -2.10. The van der Waals surface area contributed by atoms with Gasteiger partial charge < -0.3 is 0 Å². The van der Waals surface area contributed by atoms with Gasteiger partial charge in [0, 0.05) is 20.3 Å². The third-order valence-electron chi connectivity index (χ3n) is 1.52. The molecular formula is C7H11N3O2S. The van der Waals surface area contributed by atoms with E-state index in [1.54, 1.807) is 0 Å². The van der Waals surface area contributed by atoms with Crippen molar-refractivity contribution in [2.24, 2.45) is 0 Å². The van der Waals surface area contributed by atoms with E-state index in [-0.39, 0.29) is 0 Å². The van der Waals surface area contributed by atoms with Crippen molar-refractivity contribution in [3.05, 3.63) is 24.8 Å². The zero-order valence-corrected chi connectivity index (χ0v) is 8.32. The number of imidazole rings is 1. The van der Waals surface area contributed by atoms with E-state index in [1.807, 2.05) is 0 Å². The molecular weight excluding hydrogens is 190 g/mol. The van der Waals surface area contributed by atoms with Crippen molar-refractivity contribution >= 4 is 16.3 Å². The third kappa shape index (κ3) is 1.78. The third-order valence-corrected chi connectivity index (χ3v) is 3.17. The summed E-state index contributed by atoms with van der Waals surface area (Å²) in [5.41, 5.74) is 0.533. The highest BCUT2D eigenvalue weighted by atomic mass is 32.2. The first-order chi connectivity index (χ1) is 5.98. The molecule has 1 aromatic heterocycles. The smallest absolute Gasteiger partial charge is 0.236 e. The Kier molecular flexibility index (Phi) is 2.53. The second-order valence-electron chi connectivity index (χ2n) is 2.62. The van der Waals surface area contributed by atoms with Gasteiger partial charge in [0.25, 0.3) is 0 Å². The van der Waals surface area contributed by atoms with E-state index in [4.69, 9.17) is 0 Å². The van der Waals surface area contributed by atoms with Gasteiger partial charge in [-0.2, -0.15) is 12.7 Å². The minimum atomic E-state index is -3.43. The molecule has 0 N–H and O–H groups in total. The van der Waals surface area contributed by atoms with Crippen LogP contribution in [0.4, 0.5) is 0 Å². The Hall–Kier alpha value is -1.14. The molecule has 0 saturated carbocycles. The molecule has 0 radical (unpaired) electrons. The molecule has 72 valence electrons. The molecule has 0 aromatic carbocycles. The predicted octanol–water partition coefficient (Wildman–Crippen LogP) is 0.181. The van der Waals surface area contributed by atoms with Crippen LogP contribution in [0.3, 0.4) is 0 Å². The molecule has 0 amide bonds. The van der Waals surface area contributed by atoms with E-state index in [1.165, 1.54) is 32.7 Å². The quantitative estimate of drug-likeness (QED) is 0.701. The van der Waals surface area contributed by atoms with Gasteiger partial charge in [0.15, 0.2) is 0 Å². The average molecular weight is 201 g/mol. The first-order valence-corrected chi connectivity index (χ1v) is 4.97. The van der Waals surface area contributed by atoms with Crippen LogP contribution >= 0.6 is 0 Å². The van der Waals surface area contributed by atoms with Crippen LogP contribution in [0.15, 0.2) is 19.1 Å². The van der Waals surface area contributed by atoms with Crippen molar-refractivity contribution in [3.63, 3.8) is 0 Å². The lowest BCUT2D eigenvalue weighted by molar-refractivity contribution is 0.510. The maximum Gasteiger partial charge on any atom is 0.308 e. The molecule has 0 spiro atoms. The summed E-state index contributed by atoms with van der Waals surface area (Å²) in [6, 6.07) is 0. The van der Waals surface area contributed by atoms with Crippen molar-refractivity contribution in [3.8, 4) is 0 Å². The van der Waals surface area contributed by atoms with Crippen molar-refractivity contribution in [2.45, 2.75) is 0 Å². The van der Waals surface area contributed by atoms with Gasteiger partial charge in [-0.15, -0.1) is 0 Å². The molecule has 0 aliphatic rings. The summed E-state index contributed by atoms with van der Waals surface area (Å²) in [7, 11) is -0.504. The fourth-order valence-corrected chi connectivity index (χ4v) is 1.53. The van der Waals surface area contributed by atoms with Crippen LogP contribution in [0.5, 0.6) is 0 Å². The number of hydrogen-bond acceptors (Lipinski definition) is 3. The zero-order valence-electron chi connectivity index (χ0n) is 7.51. The molecule has 0 fully saturated rings. The summed E-state index contributed by atoms with van der Waals surface area (Å²) >= 11 is 0. The van der Waals surface area contributed by atoms with Crippen LogP contribution in [0.2, 0.25) is 0 Å². The van der Waals surface area contributed by atoms with Crippen molar-refractivity contribution < 1.29 is 8.42 Å². The average Bonchev–Trinajstić information content (AvgIpc) is 2.51. The van der Waals surface area contributed by atoms with Crippen LogP contribution in [-0.4, -0.2) is 35.8 Å². The SMILES string of the molecule is C=Cc1cn(S(=O)(=O)N(C)C)cn1. The van der Waals surface area contributed by atoms with Crippen LogP contribution in [0, 0.1) is 0 Å². The summed E-state index contributed by atoms with van der Waals surface area (Å²) in [6.07, 6.45) is 4.14. The second kappa shape index (κ2) is 3.31. The zero-order chi connectivity index (χ0) is 10.1. The van der Waals surface area contributed by atoms with E-state index in [9.17, 15) is 8.42 Å². The Labute approximate surface area is 77.5 Å². The minimum absolute atomic E-state index is 0.533. The molecule has 0 atom stereocenters. The second-order valence-corrected chi connectivity index (χ2v) is 4.67. The van der Waals surface area contributed by atoms with E-state index in [2.05, 4.69) is 11.6 Å². The van der Waals surface area contributed by atoms with Gasteiger partial charge in [-0.3, -0.25) is 0 Å². The molecule has 0 unspecified atom stereocenters. The Bertz CT molecular complexity index is 405. The largest absolute Gasteiger partial charge is 0.308 e. The molecule has 0 bridgehead atoms. The number of rotatable bonds is 3. The summed E-state index contributed by atoms with van der Waals surface area (Å²) in [5.74, 6) is 0. The fourth-order valence-electron chi connectivity index (χ4n) is 0.741.